The third-order valence-corrected chi connectivity index (χ3v) is 2.57. The molecule has 1 aromatic rings. The van der Waals surface area contributed by atoms with E-state index in [4.69, 9.17) is 14.6 Å². The largest absolute Gasteiger partial charge is 0.468 e. The van der Waals surface area contributed by atoms with Crippen LogP contribution in [0.2, 0.25) is 0 Å². The quantitative estimate of drug-likeness (QED) is 0.657. The SMILES string of the molecule is CC(NCC(C)(CO)CO)c1ccco1. The lowest BCUT2D eigenvalue weighted by atomic mass is 9.93. The Morgan fingerprint density at radius 2 is 2.13 bits per heavy atom. The Morgan fingerprint density at radius 3 is 2.60 bits per heavy atom. The van der Waals surface area contributed by atoms with Gasteiger partial charge < -0.3 is 19.9 Å². The molecule has 0 fully saturated rings. The molecule has 0 aliphatic rings. The molecule has 0 spiro atoms. The van der Waals surface area contributed by atoms with Crippen molar-refractivity contribution in [1.29, 1.82) is 0 Å². The first-order valence-corrected chi connectivity index (χ1v) is 5.10. The van der Waals surface area contributed by atoms with E-state index in [-0.39, 0.29) is 19.3 Å². The van der Waals surface area contributed by atoms with Crippen LogP contribution in [0.4, 0.5) is 0 Å². The first-order chi connectivity index (χ1) is 7.11. The van der Waals surface area contributed by atoms with Crippen molar-refractivity contribution in [1.82, 2.24) is 5.32 Å². The van der Waals surface area contributed by atoms with Gasteiger partial charge in [-0.25, -0.2) is 0 Å². The minimum absolute atomic E-state index is 0.0403. The maximum atomic E-state index is 9.11. The molecule has 3 N–H and O–H groups in total. The van der Waals surface area contributed by atoms with Crippen molar-refractivity contribution in [3.8, 4) is 0 Å². The summed E-state index contributed by atoms with van der Waals surface area (Å²) >= 11 is 0. The molecule has 4 heteroatoms. The second-order valence-corrected chi connectivity index (χ2v) is 4.24. The summed E-state index contributed by atoms with van der Waals surface area (Å²) < 4.78 is 5.24. The Kier molecular flexibility index (Phi) is 4.32. The molecular formula is C11H19NO3. The van der Waals surface area contributed by atoms with Gasteiger partial charge in [-0.1, -0.05) is 6.92 Å². The van der Waals surface area contributed by atoms with Crippen LogP contribution in [0.5, 0.6) is 0 Å². The van der Waals surface area contributed by atoms with Gasteiger partial charge in [-0.15, -0.1) is 0 Å². The lowest BCUT2D eigenvalue weighted by Gasteiger charge is -2.26. The molecule has 15 heavy (non-hydrogen) atoms. The van der Waals surface area contributed by atoms with Crippen molar-refractivity contribution in [2.24, 2.45) is 5.41 Å². The van der Waals surface area contributed by atoms with Gasteiger partial charge in [0, 0.05) is 12.0 Å². The topological polar surface area (TPSA) is 65.6 Å². The summed E-state index contributed by atoms with van der Waals surface area (Å²) in [5.41, 5.74) is -0.485. The molecule has 0 radical (unpaired) electrons. The predicted molar refractivity (Wildman–Crippen MR) is 57.4 cm³/mol. The van der Waals surface area contributed by atoms with E-state index in [9.17, 15) is 0 Å². The van der Waals surface area contributed by atoms with Gasteiger partial charge in [0.25, 0.3) is 0 Å². The number of hydrogen-bond acceptors (Lipinski definition) is 4. The Bertz CT molecular complexity index is 267. The molecular weight excluding hydrogens is 194 g/mol. The monoisotopic (exact) mass is 213 g/mol. The Balaban J connectivity index is 2.43. The van der Waals surface area contributed by atoms with E-state index in [1.165, 1.54) is 0 Å². The van der Waals surface area contributed by atoms with Gasteiger partial charge in [0.15, 0.2) is 0 Å². The standard InChI is InChI=1S/C11H19NO3/c1-9(10-4-3-5-15-10)12-6-11(2,7-13)8-14/h3-5,9,12-14H,6-8H2,1-2H3. The Labute approximate surface area is 89.9 Å². The van der Waals surface area contributed by atoms with E-state index in [0.717, 1.165) is 5.76 Å². The van der Waals surface area contributed by atoms with Crippen LogP contribution in [0.25, 0.3) is 0 Å². The lowest BCUT2D eigenvalue weighted by Crippen LogP contribution is -2.38. The van der Waals surface area contributed by atoms with Gasteiger partial charge in [-0.3, -0.25) is 0 Å². The molecule has 0 aromatic carbocycles. The molecule has 1 aromatic heterocycles. The van der Waals surface area contributed by atoms with E-state index >= 15 is 0 Å². The molecule has 0 bridgehead atoms. The zero-order valence-corrected chi connectivity index (χ0v) is 9.23. The normalized spacial score (nSPS) is 14.1. The molecule has 1 atom stereocenters. The highest BCUT2D eigenvalue weighted by molar-refractivity contribution is 5.03. The van der Waals surface area contributed by atoms with E-state index < -0.39 is 5.41 Å². The van der Waals surface area contributed by atoms with Crippen molar-refractivity contribution in [3.63, 3.8) is 0 Å². The zero-order chi connectivity index (χ0) is 11.3. The average molecular weight is 213 g/mol. The summed E-state index contributed by atoms with van der Waals surface area (Å²) in [7, 11) is 0. The molecule has 0 saturated carbocycles. The van der Waals surface area contributed by atoms with Crippen molar-refractivity contribution < 1.29 is 14.6 Å². The van der Waals surface area contributed by atoms with Gasteiger partial charge in [-0.2, -0.15) is 0 Å². The van der Waals surface area contributed by atoms with Gasteiger partial charge >= 0.3 is 0 Å². The fraction of sp³-hybridized carbons (Fsp3) is 0.636. The Hall–Kier alpha value is -0.840. The summed E-state index contributed by atoms with van der Waals surface area (Å²) in [5.74, 6) is 0.855. The van der Waals surface area contributed by atoms with Crippen molar-refractivity contribution >= 4 is 0 Å². The Morgan fingerprint density at radius 1 is 1.47 bits per heavy atom. The number of aliphatic hydroxyl groups excluding tert-OH is 2. The molecule has 0 aliphatic heterocycles. The number of aliphatic hydroxyl groups is 2. The predicted octanol–water partition coefficient (Wildman–Crippen LogP) is 0.921. The average Bonchev–Trinajstić information content (AvgIpc) is 2.79. The molecule has 0 aliphatic carbocycles. The third-order valence-electron chi connectivity index (χ3n) is 2.57. The van der Waals surface area contributed by atoms with Crippen molar-refractivity contribution in [2.75, 3.05) is 19.8 Å². The number of furan rings is 1. The molecule has 1 heterocycles. The van der Waals surface area contributed by atoms with Crippen LogP contribution in [-0.4, -0.2) is 30.0 Å². The maximum absolute atomic E-state index is 9.11. The highest BCUT2D eigenvalue weighted by atomic mass is 16.3. The highest BCUT2D eigenvalue weighted by Crippen LogP contribution is 2.17. The molecule has 1 unspecified atom stereocenters. The smallest absolute Gasteiger partial charge is 0.120 e. The van der Waals surface area contributed by atoms with E-state index in [1.54, 1.807) is 6.26 Å². The van der Waals surface area contributed by atoms with Crippen LogP contribution in [-0.2, 0) is 0 Å². The zero-order valence-electron chi connectivity index (χ0n) is 9.23. The highest BCUT2D eigenvalue weighted by Gasteiger charge is 2.23. The lowest BCUT2D eigenvalue weighted by molar-refractivity contribution is 0.0671. The van der Waals surface area contributed by atoms with Crippen LogP contribution in [0.1, 0.15) is 25.6 Å². The summed E-state index contributed by atoms with van der Waals surface area (Å²) in [5, 5.41) is 21.4. The minimum Gasteiger partial charge on any atom is -0.468 e. The number of rotatable bonds is 6. The van der Waals surface area contributed by atoms with E-state index in [1.807, 2.05) is 26.0 Å². The first kappa shape index (κ1) is 12.2. The molecule has 4 nitrogen and oxygen atoms in total. The minimum atomic E-state index is -0.485. The molecule has 0 saturated heterocycles. The van der Waals surface area contributed by atoms with Crippen molar-refractivity contribution in [2.45, 2.75) is 19.9 Å². The molecule has 86 valence electrons. The van der Waals surface area contributed by atoms with Crippen molar-refractivity contribution in [3.05, 3.63) is 24.2 Å². The summed E-state index contributed by atoms with van der Waals surface area (Å²) in [6.45, 7) is 4.27. The van der Waals surface area contributed by atoms with Crippen LogP contribution in [0.3, 0.4) is 0 Å². The summed E-state index contributed by atoms with van der Waals surface area (Å²) in [6.07, 6.45) is 1.63. The second kappa shape index (κ2) is 5.30. The number of hydrogen-bond donors (Lipinski definition) is 3. The van der Waals surface area contributed by atoms with Gasteiger partial charge in [0.2, 0.25) is 0 Å². The van der Waals surface area contributed by atoms with E-state index in [0.29, 0.717) is 6.54 Å². The van der Waals surface area contributed by atoms with E-state index in [2.05, 4.69) is 5.32 Å². The van der Waals surface area contributed by atoms with Crippen LogP contribution < -0.4 is 5.32 Å². The van der Waals surface area contributed by atoms with Crippen LogP contribution >= 0.6 is 0 Å². The van der Waals surface area contributed by atoms with Gasteiger partial charge in [0.1, 0.15) is 5.76 Å². The maximum Gasteiger partial charge on any atom is 0.120 e. The van der Waals surface area contributed by atoms with Crippen LogP contribution in [0, 0.1) is 5.41 Å². The summed E-state index contributed by atoms with van der Waals surface area (Å²) in [6, 6.07) is 3.81. The fourth-order valence-corrected chi connectivity index (χ4v) is 1.20. The molecule has 0 amide bonds. The first-order valence-electron chi connectivity index (χ1n) is 5.10. The van der Waals surface area contributed by atoms with Gasteiger partial charge in [0.05, 0.1) is 25.5 Å². The second-order valence-electron chi connectivity index (χ2n) is 4.24. The van der Waals surface area contributed by atoms with Gasteiger partial charge in [-0.05, 0) is 19.1 Å². The fourth-order valence-electron chi connectivity index (χ4n) is 1.20. The number of nitrogens with one attached hydrogen (secondary N) is 1. The summed E-state index contributed by atoms with van der Waals surface area (Å²) in [4.78, 5) is 0. The third kappa shape index (κ3) is 3.34. The van der Waals surface area contributed by atoms with Crippen LogP contribution in [0.15, 0.2) is 22.8 Å². The molecule has 1 rings (SSSR count).